The molecule has 2 heteroatoms. The number of halogens is 1. The molecule has 58 valence electrons. The van der Waals surface area contributed by atoms with Gasteiger partial charge in [-0.15, -0.1) is 0 Å². The highest BCUT2D eigenvalue weighted by Gasteiger charge is 1.99. The van der Waals surface area contributed by atoms with E-state index in [9.17, 15) is 4.32 Å². The third-order valence-corrected chi connectivity index (χ3v) is 1.24. The van der Waals surface area contributed by atoms with E-state index in [1.54, 1.807) is 6.82 Å². The van der Waals surface area contributed by atoms with Crippen LogP contribution in [-0.4, -0.2) is 6.99 Å². The maximum Gasteiger partial charge on any atom is 0.348 e. The van der Waals surface area contributed by atoms with Gasteiger partial charge in [0.2, 0.25) is 0 Å². The normalized spacial score (nSPS) is 11.3. The second-order valence-corrected chi connectivity index (χ2v) is 3.12. The monoisotopic (exact) mass is 142 g/mol. The van der Waals surface area contributed by atoms with Crippen molar-refractivity contribution in [3.63, 3.8) is 0 Å². The molecule has 0 amide bonds. The molecule has 0 heterocycles. The van der Waals surface area contributed by atoms with Crippen LogP contribution < -0.4 is 0 Å². The van der Waals surface area contributed by atoms with Crippen LogP contribution in [0.1, 0.15) is 20.3 Å². The summed E-state index contributed by atoms with van der Waals surface area (Å²) in [5, 5.41) is 0. The predicted molar refractivity (Wildman–Crippen MR) is 46.1 cm³/mol. The molecule has 0 aliphatic heterocycles. The van der Waals surface area contributed by atoms with Crippen molar-refractivity contribution in [1.82, 2.24) is 0 Å². The first kappa shape index (κ1) is 9.73. The fourth-order valence-electron chi connectivity index (χ4n) is 0.652. The van der Waals surface area contributed by atoms with Crippen molar-refractivity contribution >= 4 is 6.99 Å². The first-order valence-electron chi connectivity index (χ1n) is 3.92. The highest BCUT2D eigenvalue weighted by Crippen LogP contribution is 2.02. The standard InChI is InChI=1S/C8H16BF/c1-8(2)6-4-5-7-9(3)10/h4-5,8H,6-7H2,1-3H3/b5-4+. The van der Waals surface area contributed by atoms with Crippen LogP contribution in [0.4, 0.5) is 4.32 Å². The van der Waals surface area contributed by atoms with Gasteiger partial charge in [0, 0.05) is 0 Å². The van der Waals surface area contributed by atoms with Crippen LogP contribution in [0.5, 0.6) is 0 Å². The molecule has 10 heavy (non-hydrogen) atoms. The quantitative estimate of drug-likeness (QED) is 0.417. The molecule has 0 spiro atoms. The number of hydrogen-bond donors (Lipinski definition) is 0. The van der Waals surface area contributed by atoms with Crippen molar-refractivity contribution < 1.29 is 4.32 Å². The fourth-order valence-corrected chi connectivity index (χ4v) is 0.652. The molecule has 0 aliphatic rings. The van der Waals surface area contributed by atoms with Crippen molar-refractivity contribution in [2.24, 2.45) is 5.92 Å². The lowest BCUT2D eigenvalue weighted by Gasteiger charge is -1.95. The summed E-state index contributed by atoms with van der Waals surface area (Å²) in [6, 6.07) is 0. The number of rotatable bonds is 4. The Morgan fingerprint density at radius 1 is 1.40 bits per heavy atom. The lowest BCUT2D eigenvalue weighted by atomic mass is 9.71. The second kappa shape index (κ2) is 5.51. The third kappa shape index (κ3) is 7.73. The average molecular weight is 142 g/mol. The molecule has 0 aromatic rings. The van der Waals surface area contributed by atoms with Crippen molar-refractivity contribution in [3.8, 4) is 0 Å². The molecule has 0 nitrogen and oxygen atoms in total. The van der Waals surface area contributed by atoms with Crippen LogP contribution in [0.25, 0.3) is 0 Å². The molecule has 0 aliphatic carbocycles. The summed E-state index contributed by atoms with van der Waals surface area (Å²) in [5.74, 6) is 0.686. The van der Waals surface area contributed by atoms with E-state index in [1.165, 1.54) is 0 Å². The molecule has 0 rings (SSSR count). The minimum atomic E-state index is -0.691. The molecule has 0 bridgehead atoms. The topological polar surface area (TPSA) is 0 Å². The van der Waals surface area contributed by atoms with Gasteiger partial charge in [-0.05, 0) is 18.7 Å². The van der Waals surface area contributed by atoms with Crippen LogP contribution >= 0.6 is 0 Å². The molecule has 0 aromatic heterocycles. The Morgan fingerprint density at radius 2 is 2.00 bits per heavy atom. The Bertz CT molecular complexity index is 85.4. The highest BCUT2D eigenvalue weighted by atomic mass is 19.1. The second-order valence-electron chi connectivity index (χ2n) is 3.12. The van der Waals surface area contributed by atoms with Gasteiger partial charge >= 0.3 is 6.99 Å². The fraction of sp³-hybridized carbons (Fsp3) is 0.750. The summed E-state index contributed by atoms with van der Waals surface area (Å²) in [6.45, 7) is 5.20. The zero-order valence-electron chi connectivity index (χ0n) is 7.10. The Balaban J connectivity index is 3.20. The highest BCUT2D eigenvalue weighted by molar-refractivity contribution is 6.49. The molecular weight excluding hydrogens is 126 g/mol. The molecule has 0 aromatic carbocycles. The zero-order chi connectivity index (χ0) is 7.98. The summed E-state index contributed by atoms with van der Waals surface area (Å²) in [4.78, 5) is 0. The van der Waals surface area contributed by atoms with Crippen molar-refractivity contribution in [1.29, 1.82) is 0 Å². The SMILES string of the molecule is CB(F)C/C=C/CC(C)C. The Morgan fingerprint density at radius 3 is 2.40 bits per heavy atom. The van der Waals surface area contributed by atoms with E-state index >= 15 is 0 Å². The zero-order valence-corrected chi connectivity index (χ0v) is 7.10. The third-order valence-electron chi connectivity index (χ3n) is 1.24. The first-order chi connectivity index (χ1) is 4.63. The van der Waals surface area contributed by atoms with E-state index in [2.05, 4.69) is 19.9 Å². The van der Waals surface area contributed by atoms with Crippen molar-refractivity contribution in [2.45, 2.75) is 33.4 Å². The van der Waals surface area contributed by atoms with Gasteiger partial charge in [0.1, 0.15) is 0 Å². The molecular formula is C8H16BF. The van der Waals surface area contributed by atoms with Crippen LogP contribution in [-0.2, 0) is 0 Å². The summed E-state index contributed by atoms with van der Waals surface area (Å²) < 4.78 is 12.2. The summed E-state index contributed by atoms with van der Waals surface area (Å²) in [6.07, 6.45) is 5.60. The summed E-state index contributed by atoms with van der Waals surface area (Å²) in [5.41, 5.74) is 0. The van der Waals surface area contributed by atoms with Crippen molar-refractivity contribution in [3.05, 3.63) is 12.2 Å². The van der Waals surface area contributed by atoms with Gasteiger partial charge < -0.3 is 4.32 Å². The van der Waals surface area contributed by atoms with E-state index in [-0.39, 0.29) is 0 Å². The lowest BCUT2D eigenvalue weighted by molar-refractivity contribution is 0.663. The van der Waals surface area contributed by atoms with Gasteiger partial charge in [-0.2, -0.15) is 0 Å². The number of allylic oxidation sites excluding steroid dienone is 2. The Labute approximate surface area is 63.6 Å². The molecule has 0 unspecified atom stereocenters. The molecule has 0 fully saturated rings. The first-order valence-corrected chi connectivity index (χ1v) is 3.92. The van der Waals surface area contributed by atoms with Crippen LogP contribution in [0.15, 0.2) is 12.2 Å². The van der Waals surface area contributed by atoms with E-state index < -0.39 is 6.99 Å². The van der Waals surface area contributed by atoms with Gasteiger partial charge in [0.15, 0.2) is 0 Å². The van der Waals surface area contributed by atoms with Gasteiger partial charge in [0.05, 0.1) is 0 Å². The van der Waals surface area contributed by atoms with E-state index in [1.807, 2.05) is 6.08 Å². The molecule has 0 saturated heterocycles. The van der Waals surface area contributed by atoms with Crippen LogP contribution in [0.2, 0.25) is 13.1 Å². The molecule has 0 radical (unpaired) electrons. The largest absolute Gasteiger partial charge is 0.348 e. The van der Waals surface area contributed by atoms with Crippen LogP contribution in [0.3, 0.4) is 0 Å². The lowest BCUT2D eigenvalue weighted by Crippen LogP contribution is -1.93. The van der Waals surface area contributed by atoms with Gasteiger partial charge in [-0.3, -0.25) is 0 Å². The van der Waals surface area contributed by atoms with E-state index in [0.29, 0.717) is 12.2 Å². The Hall–Kier alpha value is -0.265. The van der Waals surface area contributed by atoms with Crippen molar-refractivity contribution in [2.75, 3.05) is 0 Å². The van der Waals surface area contributed by atoms with Gasteiger partial charge in [-0.25, -0.2) is 0 Å². The molecule has 0 saturated carbocycles. The van der Waals surface area contributed by atoms with E-state index in [4.69, 9.17) is 0 Å². The average Bonchev–Trinajstić information content (AvgIpc) is 1.79. The van der Waals surface area contributed by atoms with Crippen LogP contribution in [0, 0.1) is 5.92 Å². The molecule has 0 N–H and O–H groups in total. The predicted octanol–water partition coefficient (Wildman–Crippen LogP) is 3.18. The maximum absolute atomic E-state index is 12.2. The minimum absolute atomic E-state index is 0.562. The van der Waals surface area contributed by atoms with Gasteiger partial charge in [0.25, 0.3) is 0 Å². The summed E-state index contributed by atoms with van der Waals surface area (Å²) in [7, 11) is 0. The minimum Gasteiger partial charge on any atom is -0.336 e. The van der Waals surface area contributed by atoms with Gasteiger partial charge in [-0.1, -0.05) is 32.8 Å². The van der Waals surface area contributed by atoms with E-state index in [0.717, 1.165) is 6.42 Å². The summed E-state index contributed by atoms with van der Waals surface area (Å²) >= 11 is 0. The Kier molecular flexibility index (Phi) is 5.37. The number of hydrogen-bond acceptors (Lipinski definition) is 0. The maximum atomic E-state index is 12.2. The molecule has 0 atom stereocenters. The smallest absolute Gasteiger partial charge is 0.336 e.